The quantitative estimate of drug-likeness (QED) is 0.794. The molecule has 2 aliphatic heterocycles. The van der Waals surface area contributed by atoms with Crippen LogP contribution in [0.3, 0.4) is 0 Å². The number of amides is 3. The summed E-state index contributed by atoms with van der Waals surface area (Å²) in [5, 5.41) is 2.71. The molecule has 2 aliphatic rings. The molecule has 0 spiro atoms. The molecule has 3 N–H and O–H groups in total. The molecular weight excluding hydrogens is 286 g/mol. The zero-order valence-corrected chi connectivity index (χ0v) is 12.0. The predicted molar refractivity (Wildman–Crippen MR) is 77.1 cm³/mol. The van der Waals surface area contributed by atoms with Crippen molar-refractivity contribution in [1.82, 2.24) is 10.2 Å². The number of fused-ring (bicyclic) bond motifs is 1. The normalized spacial score (nSPS) is 23.9. The van der Waals surface area contributed by atoms with Crippen LogP contribution in [-0.2, 0) is 9.59 Å². The Labute approximate surface area is 127 Å². The number of rotatable bonds is 4. The molecule has 3 amide bonds. The summed E-state index contributed by atoms with van der Waals surface area (Å²) in [4.78, 5) is 36.9. The van der Waals surface area contributed by atoms with Crippen LogP contribution in [0.5, 0.6) is 5.75 Å². The summed E-state index contributed by atoms with van der Waals surface area (Å²) in [6, 6.07) is 5.32. The molecule has 2 atom stereocenters. The summed E-state index contributed by atoms with van der Waals surface area (Å²) < 4.78 is 5.53. The minimum Gasteiger partial charge on any atom is -0.491 e. The molecule has 0 unspecified atom stereocenters. The van der Waals surface area contributed by atoms with Gasteiger partial charge in [-0.05, 0) is 37.1 Å². The third kappa shape index (κ3) is 2.61. The second kappa shape index (κ2) is 5.67. The molecule has 0 aromatic heterocycles. The van der Waals surface area contributed by atoms with Gasteiger partial charge in [0.15, 0.2) is 0 Å². The molecule has 3 rings (SSSR count). The number of nitrogens with one attached hydrogen (secondary N) is 1. The Kier molecular flexibility index (Phi) is 3.70. The highest BCUT2D eigenvalue weighted by Crippen LogP contribution is 2.22. The van der Waals surface area contributed by atoms with Gasteiger partial charge in [-0.1, -0.05) is 0 Å². The number of carbonyl (C=O) groups excluding carboxylic acids is 3. The fraction of sp³-hybridized carbons (Fsp3) is 0.400. The van der Waals surface area contributed by atoms with Gasteiger partial charge in [-0.3, -0.25) is 14.4 Å². The standard InChI is InChI=1S/C15H17N3O4/c16-13(19)9-3-5-10(6-4-9)22-8-11-15(21)18-7-1-2-12(18)14(20)17-11/h3-6,11-12H,1-2,7-8H2,(H2,16,19)(H,17,20)/t11-,12+/m1/s1. The topological polar surface area (TPSA) is 102 Å². The predicted octanol–water partition coefficient (Wildman–Crippen LogP) is -0.346. The van der Waals surface area contributed by atoms with Gasteiger partial charge < -0.3 is 20.7 Å². The maximum Gasteiger partial charge on any atom is 0.249 e. The van der Waals surface area contributed by atoms with E-state index in [1.54, 1.807) is 29.2 Å². The molecule has 1 aromatic carbocycles. The third-order valence-electron chi connectivity index (χ3n) is 4.01. The second-order valence-corrected chi connectivity index (χ2v) is 5.45. The van der Waals surface area contributed by atoms with Gasteiger partial charge in [0.2, 0.25) is 17.7 Å². The summed E-state index contributed by atoms with van der Waals surface area (Å²) in [6.07, 6.45) is 1.58. The van der Waals surface area contributed by atoms with Crippen LogP contribution < -0.4 is 15.8 Å². The number of carbonyl (C=O) groups is 3. The van der Waals surface area contributed by atoms with Crippen LogP contribution >= 0.6 is 0 Å². The fourth-order valence-corrected chi connectivity index (χ4v) is 2.84. The molecule has 0 aliphatic carbocycles. The Hall–Kier alpha value is -2.57. The van der Waals surface area contributed by atoms with Crippen molar-refractivity contribution < 1.29 is 19.1 Å². The number of ether oxygens (including phenoxy) is 1. The molecule has 2 saturated heterocycles. The number of nitrogens with zero attached hydrogens (tertiary/aromatic N) is 1. The summed E-state index contributed by atoms with van der Waals surface area (Å²) in [5.41, 5.74) is 5.54. The first kappa shape index (κ1) is 14.4. The van der Waals surface area contributed by atoms with E-state index in [1.165, 1.54) is 0 Å². The Morgan fingerprint density at radius 2 is 2.05 bits per heavy atom. The summed E-state index contributed by atoms with van der Waals surface area (Å²) in [5.74, 6) is -0.220. The van der Waals surface area contributed by atoms with Gasteiger partial charge in [-0.15, -0.1) is 0 Å². The summed E-state index contributed by atoms with van der Waals surface area (Å²) in [6.45, 7) is 0.685. The highest BCUT2D eigenvalue weighted by Gasteiger charge is 2.43. The average molecular weight is 303 g/mol. The van der Waals surface area contributed by atoms with E-state index >= 15 is 0 Å². The first-order valence-corrected chi connectivity index (χ1v) is 7.20. The molecule has 0 saturated carbocycles. The molecule has 2 fully saturated rings. The zero-order chi connectivity index (χ0) is 15.7. The maximum atomic E-state index is 12.3. The maximum absolute atomic E-state index is 12.3. The van der Waals surface area contributed by atoms with Crippen LogP contribution in [-0.4, -0.2) is 47.9 Å². The fourth-order valence-electron chi connectivity index (χ4n) is 2.84. The monoisotopic (exact) mass is 303 g/mol. The Morgan fingerprint density at radius 1 is 1.32 bits per heavy atom. The molecule has 7 heteroatoms. The van der Waals surface area contributed by atoms with E-state index in [9.17, 15) is 14.4 Å². The van der Waals surface area contributed by atoms with E-state index in [-0.39, 0.29) is 24.5 Å². The number of benzene rings is 1. The van der Waals surface area contributed by atoms with E-state index in [2.05, 4.69) is 5.32 Å². The van der Waals surface area contributed by atoms with Crippen LogP contribution in [0.2, 0.25) is 0 Å². The number of hydrogen-bond donors (Lipinski definition) is 2. The van der Waals surface area contributed by atoms with Gasteiger partial charge in [0.1, 0.15) is 24.4 Å². The lowest BCUT2D eigenvalue weighted by molar-refractivity contribution is -0.147. The Balaban J connectivity index is 1.62. The van der Waals surface area contributed by atoms with Gasteiger partial charge in [-0.25, -0.2) is 0 Å². The highest BCUT2D eigenvalue weighted by atomic mass is 16.5. The molecule has 22 heavy (non-hydrogen) atoms. The Morgan fingerprint density at radius 3 is 2.73 bits per heavy atom. The minimum atomic E-state index is -0.669. The third-order valence-corrected chi connectivity index (χ3v) is 4.01. The molecule has 2 heterocycles. The first-order valence-electron chi connectivity index (χ1n) is 7.20. The zero-order valence-electron chi connectivity index (χ0n) is 12.0. The van der Waals surface area contributed by atoms with Crippen molar-refractivity contribution in [1.29, 1.82) is 0 Å². The van der Waals surface area contributed by atoms with Crippen molar-refractivity contribution in [2.75, 3.05) is 13.2 Å². The lowest BCUT2D eigenvalue weighted by Gasteiger charge is -2.34. The van der Waals surface area contributed by atoms with Crippen molar-refractivity contribution in [3.8, 4) is 5.75 Å². The molecular formula is C15H17N3O4. The number of nitrogens with two attached hydrogens (primary N) is 1. The van der Waals surface area contributed by atoms with Crippen molar-refractivity contribution in [3.63, 3.8) is 0 Å². The lowest BCUT2D eigenvalue weighted by atomic mass is 10.1. The van der Waals surface area contributed by atoms with E-state index in [4.69, 9.17) is 10.5 Å². The lowest BCUT2D eigenvalue weighted by Crippen LogP contribution is -2.62. The van der Waals surface area contributed by atoms with Crippen LogP contribution in [0, 0.1) is 0 Å². The second-order valence-electron chi connectivity index (χ2n) is 5.45. The van der Waals surface area contributed by atoms with E-state index in [0.29, 0.717) is 17.9 Å². The molecule has 7 nitrogen and oxygen atoms in total. The van der Waals surface area contributed by atoms with Gasteiger partial charge in [-0.2, -0.15) is 0 Å². The SMILES string of the molecule is NC(=O)c1ccc(OC[C@H]2NC(=O)[C@@H]3CCCN3C2=O)cc1. The van der Waals surface area contributed by atoms with Crippen LogP contribution in [0.15, 0.2) is 24.3 Å². The van der Waals surface area contributed by atoms with Gasteiger partial charge in [0.25, 0.3) is 0 Å². The average Bonchev–Trinajstić information content (AvgIpc) is 3.00. The van der Waals surface area contributed by atoms with E-state index < -0.39 is 11.9 Å². The van der Waals surface area contributed by atoms with Crippen LogP contribution in [0.1, 0.15) is 23.2 Å². The molecule has 116 valence electrons. The van der Waals surface area contributed by atoms with Crippen molar-refractivity contribution in [2.24, 2.45) is 5.73 Å². The summed E-state index contributed by atoms with van der Waals surface area (Å²) in [7, 11) is 0. The van der Waals surface area contributed by atoms with Gasteiger partial charge in [0, 0.05) is 12.1 Å². The number of piperazine rings is 1. The van der Waals surface area contributed by atoms with Gasteiger partial charge >= 0.3 is 0 Å². The number of hydrogen-bond acceptors (Lipinski definition) is 4. The van der Waals surface area contributed by atoms with Crippen LogP contribution in [0.25, 0.3) is 0 Å². The van der Waals surface area contributed by atoms with Crippen LogP contribution in [0.4, 0.5) is 0 Å². The van der Waals surface area contributed by atoms with E-state index in [0.717, 1.165) is 12.8 Å². The van der Waals surface area contributed by atoms with Crippen molar-refractivity contribution >= 4 is 17.7 Å². The smallest absolute Gasteiger partial charge is 0.249 e. The highest BCUT2D eigenvalue weighted by molar-refractivity contribution is 5.97. The van der Waals surface area contributed by atoms with E-state index in [1.807, 2.05) is 0 Å². The van der Waals surface area contributed by atoms with Gasteiger partial charge in [0.05, 0.1) is 0 Å². The molecule has 1 aromatic rings. The first-order chi connectivity index (χ1) is 10.6. The van der Waals surface area contributed by atoms with Crippen molar-refractivity contribution in [3.05, 3.63) is 29.8 Å². The molecule has 0 bridgehead atoms. The Bertz CT molecular complexity index is 614. The number of primary amides is 1. The largest absolute Gasteiger partial charge is 0.491 e. The summed E-state index contributed by atoms with van der Waals surface area (Å²) >= 11 is 0. The molecule has 0 radical (unpaired) electrons. The minimum absolute atomic E-state index is 0.0592. The van der Waals surface area contributed by atoms with Crippen molar-refractivity contribution in [2.45, 2.75) is 24.9 Å².